The van der Waals surface area contributed by atoms with Gasteiger partial charge >= 0.3 is 0 Å². The lowest BCUT2D eigenvalue weighted by atomic mass is 9.92. The van der Waals surface area contributed by atoms with Gasteiger partial charge < -0.3 is 5.11 Å². The minimum absolute atomic E-state index is 0.163. The van der Waals surface area contributed by atoms with Crippen molar-refractivity contribution in [1.82, 2.24) is 9.88 Å². The van der Waals surface area contributed by atoms with Crippen molar-refractivity contribution < 1.29 is 5.11 Å². The van der Waals surface area contributed by atoms with Crippen LogP contribution >= 0.6 is 11.3 Å². The van der Waals surface area contributed by atoms with Crippen molar-refractivity contribution in [2.45, 2.75) is 64.5 Å². The van der Waals surface area contributed by atoms with Crippen LogP contribution in [0.15, 0.2) is 5.38 Å². The van der Waals surface area contributed by atoms with E-state index in [1.807, 2.05) is 6.92 Å². The predicted octanol–water partition coefficient (Wildman–Crippen LogP) is 3.01. The molecule has 0 amide bonds. The number of aryl methyl sites for hydroxylation is 1. The Balaban J connectivity index is 2.00. The lowest BCUT2D eigenvalue weighted by Crippen LogP contribution is -2.53. The van der Waals surface area contributed by atoms with Crippen molar-refractivity contribution >= 4 is 11.3 Å². The summed E-state index contributed by atoms with van der Waals surface area (Å²) in [6.07, 6.45) is 5.49. The molecule has 1 atom stereocenters. The first-order chi connectivity index (χ1) is 9.00. The van der Waals surface area contributed by atoms with Crippen LogP contribution in [0.25, 0.3) is 0 Å². The van der Waals surface area contributed by atoms with Crippen LogP contribution in [0, 0.1) is 6.92 Å². The monoisotopic (exact) mass is 282 g/mol. The number of hydrogen-bond acceptors (Lipinski definition) is 4. The summed E-state index contributed by atoms with van der Waals surface area (Å²) in [5.74, 6) is 0. The van der Waals surface area contributed by atoms with E-state index >= 15 is 0 Å². The number of nitrogens with zero attached hydrogens (tertiary/aromatic N) is 2. The Morgan fingerprint density at radius 3 is 2.47 bits per heavy atom. The molecule has 0 saturated carbocycles. The molecule has 2 heterocycles. The highest BCUT2D eigenvalue weighted by Gasteiger charge is 2.34. The van der Waals surface area contributed by atoms with E-state index in [0.29, 0.717) is 6.42 Å². The van der Waals surface area contributed by atoms with E-state index in [1.54, 1.807) is 11.3 Å². The zero-order valence-electron chi connectivity index (χ0n) is 12.4. The lowest BCUT2D eigenvalue weighted by Gasteiger charge is -2.41. The van der Waals surface area contributed by atoms with E-state index in [4.69, 9.17) is 0 Å². The normalized spacial score (nSPS) is 20.2. The molecule has 2 rings (SSSR count). The molecule has 19 heavy (non-hydrogen) atoms. The molecule has 0 aliphatic carbocycles. The Labute approximate surface area is 120 Å². The van der Waals surface area contributed by atoms with E-state index in [2.05, 4.69) is 29.1 Å². The van der Waals surface area contributed by atoms with Gasteiger partial charge in [-0.15, -0.1) is 11.3 Å². The van der Waals surface area contributed by atoms with Crippen molar-refractivity contribution in [3.05, 3.63) is 16.1 Å². The van der Waals surface area contributed by atoms with Crippen LogP contribution in [0.3, 0.4) is 0 Å². The van der Waals surface area contributed by atoms with Crippen molar-refractivity contribution in [3.8, 4) is 0 Å². The summed E-state index contributed by atoms with van der Waals surface area (Å²) in [7, 11) is 0. The largest absolute Gasteiger partial charge is 0.391 e. The molecule has 1 fully saturated rings. The molecule has 1 saturated heterocycles. The predicted molar refractivity (Wildman–Crippen MR) is 80.7 cm³/mol. The Bertz CT molecular complexity index is 395. The molecule has 1 aliphatic heterocycles. The summed E-state index contributed by atoms with van der Waals surface area (Å²) < 4.78 is 0. The lowest BCUT2D eigenvalue weighted by molar-refractivity contribution is -0.00789. The minimum Gasteiger partial charge on any atom is -0.391 e. The number of aliphatic hydroxyl groups is 1. The number of likely N-dealkylation sites (tertiary alicyclic amines) is 1. The van der Waals surface area contributed by atoms with Gasteiger partial charge in [-0.05, 0) is 46.7 Å². The van der Waals surface area contributed by atoms with Gasteiger partial charge in [-0.1, -0.05) is 12.8 Å². The maximum absolute atomic E-state index is 10.6. The van der Waals surface area contributed by atoms with Crippen molar-refractivity contribution in [2.75, 3.05) is 13.1 Å². The van der Waals surface area contributed by atoms with E-state index in [9.17, 15) is 5.11 Å². The summed E-state index contributed by atoms with van der Waals surface area (Å²) in [4.78, 5) is 6.93. The second kappa shape index (κ2) is 6.33. The second-order valence-corrected chi connectivity index (χ2v) is 7.10. The van der Waals surface area contributed by atoms with Gasteiger partial charge in [0.05, 0.1) is 11.1 Å². The fraction of sp³-hybridized carbons (Fsp3) is 0.800. The number of rotatable bonds is 4. The van der Waals surface area contributed by atoms with Gasteiger partial charge in [0, 0.05) is 23.0 Å². The van der Waals surface area contributed by atoms with Gasteiger partial charge in [-0.3, -0.25) is 4.90 Å². The number of thiazole rings is 1. The van der Waals surface area contributed by atoms with Crippen molar-refractivity contribution in [1.29, 1.82) is 0 Å². The summed E-state index contributed by atoms with van der Waals surface area (Å²) in [5.41, 5.74) is 0.893. The van der Waals surface area contributed by atoms with Gasteiger partial charge in [0.25, 0.3) is 0 Å². The van der Waals surface area contributed by atoms with E-state index < -0.39 is 0 Å². The molecule has 4 heteroatoms. The molecule has 1 N–H and O–H groups in total. The topological polar surface area (TPSA) is 36.4 Å². The summed E-state index contributed by atoms with van der Waals surface area (Å²) >= 11 is 1.66. The van der Waals surface area contributed by atoms with Crippen LogP contribution in [0.1, 0.15) is 50.2 Å². The van der Waals surface area contributed by atoms with Gasteiger partial charge in [0.15, 0.2) is 0 Å². The number of aliphatic hydroxyl groups excluding tert-OH is 1. The highest BCUT2D eigenvalue weighted by molar-refractivity contribution is 7.09. The molecule has 0 spiro atoms. The fourth-order valence-electron chi connectivity index (χ4n) is 2.77. The van der Waals surface area contributed by atoms with Gasteiger partial charge in [0.2, 0.25) is 0 Å². The standard InChI is InChI=1S/C15H26N2OS/c1-12-11-19-14(16-12)10-13(18)15(2,3)17-8-6-4-5-7-9-17/h11,13,18H,4-10H2,1-3H3. The summed E-state index contributed by atoms with van der Waals surface area (Å²) in [6, 6.07) is 0. The van der Waals surface area contributed by atoms with Gasteiger partial charge in [-0.25, -0.2) is 4.98 Å². The van der Waals surface area contributed by atoms with E-state index in [1.165, 1.54) is 25.7 Å². The first-order valence-corrected chi connectivity index (χ1v) is 8.22. The smallest absolute Gasteiger partial charge is 0.0954 e. The Hall–Kier alpha value is -0.450. The van der Waals surface area contributed by atoms with Crippen molar-refractivity contribution in [3.63, 3.8) is 0 Å². The molecular weight excluding hydrogens is 256 g/mol. The Kier molecular flexibility index (Phi) is 4.98. The third-order valence-corrected chi connectivity index (χ3v) is 5.26. The maximum Gasteiger partial charge on any atom is 0.0954 e. The van der Waals surface area contributed by atoms with Crippen LogP contribution in [0.2, 0.25) is 0 Å². The average molecular weight is 282 g/mol. The Morgan fingerprint density at radius 2 is 1.95 bits per heavy atom. The van der Waals surface area contributed by atoms with Crippen molar-refractivity contribution in [2.24, 2.45) is 0 Å². The first-order valence-electron chi connectivity index (χ1n) is 7.34. The van der Waals surface area contributed by atoms with Crippen LogP contribution in [-0.2, 0) is 6.42 Å². The van der Waals surface area contributed by atoms with Gasteiger partial charge in [-0.2, -0.15) is 0 Å². The molecule has 0 bridgehead atoms. The average Bonchev–Trinajstić information content (AvgIpc) is 2.63. The van der Waals surface area contributed by atoms with Crippen LogP contribution in [0.4, 0.5) is 0 Å². The maximum atomic E-state index is 10.6. The van der Waals surface area contributed by atoms with Gasteiger partial charge in [0.1, 0.15) is 0 Å². The zero-order valence-corrected chi connectivity index (χ0v) is 13.2. The summed E-state index contributed by atoms with van der Waals surface area (Å²) in [5, 5.41) is 13.7. The summed E-state index contributed by atoms with van der Waals surface area (Å²) in [6.45, 7) is 8.57. The molecule has 1 aromatic rings. The fourth-order valence-corrected chi connectivity index (χ4v) is 3.58. The third kappa shape index (κ3) is 3.77. The molecule has 1 aromatic heterocycles. The van der Waals surface area contributed by atoms with Crippen LogP contribution < -0.4 is 0 Å². The molecule has 0 aromatic carbocycles. The Morgan fingerprint density at radius 1 is 1.32 bits per heavy atom. The SMILES string of the molecule is Cc1csc(CC(O)C(C)(C)N2CCCCCC2)n1. The van der Waals surface area contributed by atoms with E-state index in [0.717, 1.165) is 23.8 Å². The second-order valence-electron chi connectivity index (χ2n) is 6.16. The first kappa shape index (κ1) is 14.9. The van der Waals surface area contributed by atoms with E-state index in [-0.39, 0.29) is 11.6 Å². The highest BCUT2D eigenvalue weighted by Crippen LogP contribution is 2.26. The number of aromatic nitrogens is 1. The van der Waals surface area contributed by atoms with Crippen LogP contribution in [0.5, 0.6) is 0 Å². The third-order valence-electron chi connectivity index (χ3n) is 4.27. The highest BCUT2D eigenvalue weighted by atomic mass is 32.1. The molecule has 1 unspecified atom stereocenters. The molecular formula is C15H26N2OS. The molecule has 108 valence electrons. The minimum atomic E-state index is -0.351. The zero-order chi connectivity index (χ0) is 13.9. The molecule has 1 aliphatic rings. The molecule has 0 radical (unpaired) electrons. The molecule has 3 nitrogen and oxygen atoms in total. The van der Waals surface area contributed by atoms with Crippen LogP contribution in [-0.4, -0.2) is 39.7 Å². The quantitative estimate of drug-likeness (QED) is 0.922. The number of hydrogen-bond donors (Lipinski definition) is 1.